The van der Waals surface area contributed by atoms with Crippen LogP contribution in [0, 0.1) is 0 Å². The van der Waals surface area contributed by atoms with Crippen LogP contribution in [0.25, 0.3) is 0 Å². The summed E-state index contributed by atoms with van der Waals surface area (Å²) >= 11 is 0. The highest BCUT2D eigenvalue weighted by atomic mass is 16.5. The molecule has 2 aromatic carbocycles. The standard InChI is InChI=1S/C14H14N2O2/c1-15-11-2-6-13(7-3-11)18-14-8-4-12(5-9-14)16-10-17/h2-10,15H,1H3,(H,16,17). The number of amides is 1. The van der Waals surface area contributed by atoms with Gasteiger partial charge in [-0.15, -0.1) is 0 Å². The molecule has 2 rings (SSSR count). The Bertz CT molecular complexity index is 506. The maximum absolute atomic E-state index is 10.3. The van der Waals surface area contributed by atoms with Gasteiger partial charge in [-0.3, -0.25) is 4.79 Å². The van der Waals surface area contributed by atoms with Gasteiger partial charge >= 0.3 is 0 Å². The van der Waals surface area contributed by atoms with E-state index in [-0.39, 0.29) is 0 Å². The van der Waals surface area contributed by atoms with Crippen molar-refractivity contribution in [3.63, 3.8) is 0 Å². The molecule has 4 heteroatoms. The molecule has 0 radical (unpaired) electrons. The molecule has 0 saturated carbocycles. The molecule has 0 bridgehead atoms. The summed E-state index contributed by atoms with van der Waals surface area (Å²) in [7, 11) is 1.87. The van der Waals surface area contributed by atoms with E-state index in [9.17, 15) is 4.79 Å². The number of rotatable bonds is 5. The van der Waals surface area contributed by atoms with Crippen molar-refractivity contribution in [2.24, 2.45) is 0 Å². The molecule has 0 aliphatic heterocycles. The van der Waals surface area contributed by atoms with Crippen molar-refractivity contribution in [2.45, 2.75) is 0 Å². The zero-order valence-electron chi connectivity index (χ0n) is 10.0. The smallest absolute Gasteiger partial charge is 0.211 e. The summed E-state index contributed by atoms with van der Waals surface area (Å²) in [6.45, 7) is 0. The molecule has 1 amide bonds. The summed E-state index contributed by atoms with van der Waals surface area (Å²) in [6, 6.07) is 14.8. The average molecular weight is 242 g/mol. The summed E-state index contributed by atoms with van der Waals surface area (Å²) in [5.74, 6) is 1.49. The number of hydrogen-bond acceptors (Lipinski definition) is 3. The lowest BCUT2D eigenvalue weighted by Gasteiger charge is -2.07. The summed E-state index contributed by atoms with van der Waals surface area (Å²) in [5, 5.41) is 5.61. The first-order valence-electron chi connectivity index (χ1n) is 5.58. The Morgan fingerprint density at radius 2 is 1.39 bits per heavy atom. The predicted molar refractivity (Wildman–Crippen MR) is 72.2 cm³/mol. The van der Waals surface area contributed by atoms with E-state index in [0.29, 0.717) is 6.41 Å². The number of carbonyl (C=O) groups excluding carboxylic acids is 1. The maximum Gasteiger partial charge on any atom is 0.211 e. The fourth-order valence-electron chi connectivity index (χ4n) is 1.51. The normalized spacial score (nSPS) is 9.61. The number of benzene rings is 2. The number of ether oxygens (including phenoxy) is 1. The van der Waals surface area contributed by atoms with Gasteiger partial charge in [0.25, 0.3) is 0 Å². The second kappa shape index (κ2) is 5.72. The van der Waals surface area contributed by atoms with Crippen LogP contribution in [0.15, 0.2) is 48.5 Å². The molecular weight excluding hydrogens is 228 g/mol. The van der Waals surface area contributed by atoms with E-state index < -0.39 is 0 Å². The van der Waals surface area contributed by atoms with Crippen LogP contribution in [0.3, 0.4) is 0 Å². The first kappa shape index (κ1) is 12.0. The molecule has 0 heterocycles. The summed E-state index contributed by atoms with van der Waals surface area (Å²) < 4.78 is 5.67. The largest absolute Gasteiger partial charge is 0.457 e. The zero-order chi connectivity index (χ0) is 12.8. The summed E-state index contributed by atoms with van der Waals surface area (Å²) in [4.78, 5) is 10.3. The average Bonchev–Trinajstić information content (AvgIpc) is 2.42. The van der Waals surface area contributed by atoms with Crippen LogP contribution >= 0.6 is 0 Å². The van der Waals surface area contributed by atoms with Crippen molar-refractivity contribution in [3.05, 3.63) is 48.5 Å². The van der Waals surface area contributed by atoms with E-state index >= 15 is 0 Å². The second-order valence-electron chi connectivity index (χ2n) is 3.66. The minimum absolute atomic E-state index is 0.645. The molecule has 0 atom stereocenters. The van der Waals surface area contributed by atoms with Crippen molar-refractivity contribution >= 4 is 17.8 Å². The van der Waals surface area contributed by atoms with E-state index in [1.165, 1.54) is 0 Å². The first-order chi connectivity index (χ1) is 8.81. The van der Waals surface area contributed by atoms with Gasteiger partial charge in [0, 0.05) is 18.4 Å². The van der Waals surface area contributed by atoms with Crippen molar-refractivity contribution in [1.82, 2.24) is 0 Å². The van der Waals surface area contributed by atoms with Crippen molar-refractivity contribution in [2.75, 3.05) is 17.7 Å². The molecule has 4 nitrogen and oxygen atoms in total. The van der Waals surface area contributed by atoms with Gasteiger partial charge in [-0.25, -0.2) is 0 Å². The van der Waals surface area contributed by atoms with Gasteiger partial charge in [0.2, 0.25) is 6.41 Å². The molecule has 0 spiro atoms. The lowest BCUT2D eigenvalue weighted by Crippen LogP contribution is -1.93. The van der Waals surface area contributed by atoms with E-state index in [1.54, 1.807) is 24.3 Å². The van der Waals surface area contributed by atoms with Crippen LogP contribution < -0.4 is 15.4 Å². The molecule has 0 aromatic heterocycles. The predicted octanol–water partition coefficient (Wildman–Crippen LogP) is 3.09. The molecule has 0 aliphatic rings. The topological polar surface area (TPSA) is 50.4 Å². The van der Waals surface area contributed by atoms with Gasteiger partial charge in [0.15, 0.2) is 0 Å². The van der Waals surface area contributed by atoms with E-state index in [1.807, 2.05) is 31.3 Å². The summed E-state index contributed by atoms with van der Waals surface area (Å²) in [5.41, 5.74) is 1.77. The maximum atomic E-state index is 10.3. The molecule has 2 aromatic rings. The lowest BCUT2D eigenvalue weighted by atomic mass is 10.3. The molecule has 0 unspecified atom stereocenters. The van der Waals surface area contributed by atoms with Gasteiger partial charge in [-0.2, -0.15) is 0 Å². The fourth-order valence-corrected chi connectivity index (χ4v) is 1.51. The molecule has 2 N–H and O–H groups in total. The number of hydrogen-bond donors (Lipinski definition) is 2. The van der Waals surface area contributed by atoms with Crippen molar-refractivity contribution < 1.29 is 9.53 Å². The van der Waals surface area contributed by atoms with E-state index in [0.717, 1.165) is 22.9 Å². The molecule has 0 fully saturated rings. The van der Waals surface area contributed by atoms with Gasteiger partial charge in [-0.05, 0) is 48.5 Å². The first-order valence-corrected chi connectivity index (χ1v) is 5.58. The highest BCUT2D eigenvalue weighted by Gasteiger charge is 1.98. The van der Waals surface area contributed by atoms with Crippen molar-refractivity contribution in [3.8, 4) is 11.5 Å². The Hall–Kier alpha value is -2.49. The Morgan fingerprint density at radius 3 is 1.83 bits per heavy atom. The Morgan fingerprint density at radius 1 is 0.889 bits per heavy atom. The SMILES string of the molecule is CNc1ccc(Oc2ccc(NC=O)cc2)cc1. The van der Waals surface area contributed by atoms with Gasteiger partial charge in [-0.1, -0.05) is 0 Å². The minimum atomic E-state index is 0.645. The zero-order valence-corrected chi connectivity index (χ0v) is 10.0. The van der Waals surface area contributed by atoms with Gasteiger partial charge in [0.05, 0.1) is 0 Å². The highest BCUT2D eigenvalue weighted by molar-refractivity contribution is 5.71. The molecule has 18 heavy (non-hydrogen) atoms. The number of carbonyl (C=O) groups is 1. The Kier molecular flexibility index (Phi) is 3.81. The van der Waals surface area contributed by atoms with E-state index in [2.05, 4.69) is 10.6 Å². The third kappa shape index (κ3) is 3.01. The van der Waals surface area contributed by atoms with Crippen LogP contribution in [0.2, 0.25) is 0 Å². The van der Waals surface area contributed by atoms with Crippen LogP contribution in [0.1, 0.15) is 0 Å². The highest BCUT2D eigenvalue weighted by Crippen LogP contribution is 2.24. The van der Waals surface area contributed by atoms with Crippen LogP contribution in [0.4, 0.5) is 11.4 Å². The number of anilines is 2. The van der Waals surface area contributed by atoms with Gasteiger partial charge < -0.3 is 15.4 Å². The Balaban J connectivity index is 2.05. The molecule has 0 saturated heterocycles. The van der Waals surface area contributed by atoms with Crippen molar-refractivity contribution in [1.29, 1.82) is 0 Å². The second-order valence-corrected chi connectivity index (χ2v) is 3.66. The summed E-state index contributed by atoms with van der Waals surface area (Å²) in [6.07, 6.45) is 0.645. The van der Waals surface area contributed by atoms with Crippen LogP contribution in [-0.2, 0) is 4.79 Å². The molecular formula is C14H14N2O2. The number of nitrogens with one attached hydrogen (secondary N) is 2. The lowest BCUT2D eigenvalue weighted by molar-refractivity contribution is -0.105. The Labute approximate surface area is 106 Å². The fraction of sp³-hybridized carbons (Fsp3) is 0.0714. The molecule has 92 valence electrons. The van der Waals surface area contributed by atoms with Gasteiger partial charge in [0.1, 0.15) is 11.5 Å². The van der Waals surface area contributed by atoms with Crippen LogP contribution in [-0.4, -0.2) is 13.5 Å². The minimum Gasteiger partial charge on any atom is -0.457 e. The van der Waals surface area contributed by atoms with E-state index in [4.69, 9.17) is 4.74 Å². The monoisotopic (exact) mass is 242 g/mol. The third-order valence-corrected chi connectivity index (χ3v) is 2.46. The van der Waals surface area contributed by atoms with Crippen LogP contribution in [0.5, 0.6) is 11.5 Å². The quantitative estimate of drug-likeness (QED) is 0.792. The third-order valence-electron chi connectivity index (χ3n) is 2.46. The molecule has 0 aliphatic carbocycles.